The molecular weight excluding hydrogens is 394 g/mol. The molecule has 1 N–H and O–H groups in total. The third-order valence-corrected chi connectivity index (χ3v) is 5.13. The van der Waals surface area contributed by atoms with Crippen molar-refractivity contribution < 1.29 is 13.9 Å². The molecule has 0 atom stereocenters. The fourth-order valence-corrected chi connectivity index (χ4v) is 3.42. The largest absolute Gasteiger partial charge is 0.484 e. The van der Waals surface area contributed by atoms with Gasteiger partial charge < -0.3 is 14.5 Å². The van der Waals surface area contributed by atoms with Gasteiger partial charge in [0.15, 0.2) is 6.61 Å². The molecule has 0 saturated heterocycles. The van der Waals surface area contributed by atoms with E-state index in [2.05, 4.69) is 22.5 Å². The third-order valence-electron chi connectivity index (χ3n) is 5.13. The Morgan fingerprint density at radius 1 is 1.10 bits per heavy atom. The average Bonchev–Trinajstić information content (AvgIpc) is 3.03. The van der Waals surface area contributed by atoms with Crippen LogP contribution in [0.5, 0.6) is 5.75 Å². The van der Waals surface area contributed by atoms with Crippen molar-refractivity contribution in [1.29, 1.82) is 0 Å². The van der Waals surface area contributed by atoms with Gasteiger partial charge in [0, 0.05) is 35.3 Å². The van der Waals surface area contributed by atoms with Crippen LogP contribution in [0.4, 0.5) is 0 Å². The van der Waals surface area contributed by atoms with E-state index in [1.807, 2.05) is 36.7 Å². The standard InChI is InChI=1S/C24H23N3O4/c1-16-21(17(2)27(26-16)14-18-6-4-3-5-7-18)13-25-23(28)15-30-20-10-8-19-9-11-24(29)31-22(19)12-20/h3-12H,13-15H2,1-2H3,(H,25,28). The van der Waals surface area contributed by atoms with Crippen molar-refractivity contribution in [2.45, 2.75) is 26.9 Å². The highest BCUT2D eigenvalue weighted by atomic mass is 16.5. The first-order valence-corrected chi connectivity index (χ1v) is 10.00. The Morgan fingerprint density at radius 3 is 2.68 bits per heavy atom. The fraction of sp³-hybridized carbons (Fsp3) is 0.208. The zero-order valence-corrected chi connectivity index (χ0v) is 17.4. The Bertz CT molecular complexity index is 1280. The number of nitrogens with zero attached hydrogens (tertiary/aromatic N) is 2. The molecule has 0 aliphatic carbocycles. The number of nitrogens with one attached hydrogen (secondary N) is 1. The quantitative estimate of drug-likeness (QED) is 0.466. The third kappa shape index (κ3) is 4.83. The van der Waals surface area contributed by atoms with Crippen molar-refractivity contribution in [1.82, 2.24) is 15.1 Å². The van der Waals surface area contributed by atoms with Gasteiger partial charge in [-0.25, -0.2) is 4.79 Å². The maximum absolute atomic E-state index is 12.3. The topological polar surface area (TPSA) is 86.4 Å². The molecule has 31 heavy (non-hydrogen) atoms. The molecule has 2 aromatic carbocycles. The van der Waals surface area contributed by atoms with Crippen LogP contribution < -0.4 is 15.7 Å². The summed E-state index contributed by atoms with van der Waals surface area (Å²) in [6.07, 6.45) is 0. The summed E-state index contributed by atoms with van der Waals surface area (Å²) in [5, 5.41) is 8.28. The van der Waals surface area contributed by atoms with Gasteiger partial charge in [0.2, 0.25) is 0 Å². The van der Waals surface area contributed by atoms with Gasteiger partial charge in [-0.05, 0) is 37.6 Å². The first kappa shape index (κ1) is 20.4. The molecule has 0 bridgehead atoms. The summed E-state index contributed by atoms with van der Waals surface area (Å²) in [5.41, 5.74) is 4.06. The summed E-state index contributed by atoms with van der Waals surface area (Å²) in [4.78, 5) is 23.7. The van der Waals surface area contributed by atoms with Crippen LogP contribution in [0.15, 0.2) is 69.9 Å². The maximum Gasteiger partial charge on any atom is 0.336 e. The van der Waals surface area contributed by atoms with E-state index in [-0.39, 0.29) is 12.5 Å². The molecular formula is C24H23N3O4. The van der Waals surface area contributed by atoms with E-state index < -0.39 is 5.63 Å². The van der Waals surface area contributed by atoms with Crippen molar-refractivity contribution in [3.63, 3.8) is 0 Å². The zero-order chi connectivity index (χ0) is 21.8. The van der Waals surface area contributed by atoms with E-state index in [0.29, 0.717) is 24.4 Å². The molecule has 0 fully saturated rings. The van der Waals surface area contributed by atoms with E-state index in [1.54, 1.807) is 24.3 Å². The Hall–Kier alpha value is -3.87. The lowest BCUT2D eigenvalue weighted by atomic mass is 10.2. The second kappa shape index (κ2) is 8.87. The molecule has 7 nitrogen and oxygen atoms in total. The highest BCUT2D eigenvalue weighted by Gasteiger charge is 2.13. The molecule has 0 radical (unpaired) electrons. The summed E-state index contributed by atoms with van der Waals surface area (Å²) < 4.78 is 12.6. The molecule has 2 heterocycles. The van der Waals surface area contributed by atoms with Gasteiger partial charge >= 0.3 is 5.63 Å². The molecule has 0 aliphatic rings. The van der Waals surface area contributed by atoms with E-state index in [9.17, 15) is 9.59 Å². The first-order valence-electron chi connectivity index (χ1n) is 10.00. The lowest BCUT2D eigenvalue weighted by Crippen LogP contribution is -2.28. The normalized spacial score (nSPS) is 10.9. The van der Waals surface area contributed by atoms with Crippen molar-refractivity contribution in [2.24, 2.45) is 0 Å². The minimum Gasteiger partial charge on any atom is -0.484 e. The van der Waals surface area contributed by atoms with Gasteiger partial charge in [-0.3, -0.25) is 9.48 Å². The van der Waals surface area contributed by atoms with Crippen molar-refractivity contribution in [2.75, 3.05) is 6.61 Å². The number of aromatic nitrogens is 2. The monoisotopic (exact) mass is 417 g/mol. The first-order chi connectivity index (χ1) is 15.0. The molecule has 4 aromatic rings. The molecule has 2 aromatic heterocycles. The number of rotatable bonds is 7. The molecule has 7 heteroatoms. The van der Waals surface area contributed by atoms with Crippen LogP contribution >= 0.6 is 0 Å². The number of aryl methyl sites for hydroxylation is 1. The number of carbonyl (C=O) groups is 1. The van der Waals surface area contributed by atoms with Gasteiger partial charge in [-0.15, -0.1) is 0 Å². The highest BCUT2D eigenvalue weighted by Crippen LogP contribution is 2.19. The summed E-state index contributed by atoms with van der Waals surface area (Å²) in [5.74, 6) is 0.212. The van der Waals surface area contributed by atoms with Gasteiger partial charge in [0.05, 0.1) is 12.2 Å². The van der Waals surface area contributed by atoms with Gasteiger partial charge in [0.25, 0.3) is 5.91 Å². The fourth-order valence-electron chi connectivity index (χ4n) is 3.42. The van der Waals surface area contributed by atoms with Crippen LogP contribution in [0.3, 0.4) is 0 Å². The number of hydrogen-bond donors (Lipinski definition) is 1. The number of amides is 1. The second-order valence-electron chi connectivity index (χ2n) is 7.31. The van der Waals surface area contributed by atoms with E-state index in [0.717, 1.165) is 22.3 Å². The number of benzene rings is 2. The maximum atomic E-state index is 12.3. The number of fused-ring (bicyclic) bond motifs is 1. The molecule has 158 valence electrons. The Kier molecular flexibility index (Phi) is 5.84. The van der Waals surface area contributed by atoms with Crippen LogP contribution in [-0.2, 0) is 17.9 Å². The predicted molar refractivity (Wildman–Crippen MR) is 117 cm³/mol. The minimum absolute atomic E-state index is 0.140. The molecule has 0 spiro atoms. The summed E-state index contributed by atoms with van der Waals surface area (Å²) in [6, 6.07) is 18.3. The van der Waals surface area contributed by atoms with E-state index >= 15 is 0 Å². The van der Waals surface area contributed by atoms with Crippen molar-refractivity contribution in [3.8, 4) is 5.75 Å². The van der Waals surface area contributed by atoms with Gasteiger partial charge in [-0.1, -0.05) is 30.3 Å². The van der Waals surface area contributed by atoms with Crippen LogP contribution in [0.25, 0.3) is 11.0 Å². The van der Waals surface area contributed by atoms with Gasteiger partial charge in [0.1, 0.15) is 11.3 Å². The summed E-state index contributed by atoms with van der Waals surface area (Å²) in [6.45, 7) is 4.86. The Morgan fingerprint density at radius 2 is 1.87 bits per heavy atom. The summed E-state index contributed by atoms with van der Waals surface area (Å²) in [7, 11) is 0. The lowest BCUT2D eigenvalue weighted by molar-refractivity contribution is -0.123. The van der Waals surface area contributed by atoms with Crippen molar-refractivity contribution in [3.05, 3.63) is 93.6 Å². The van der Waals surface area contributed by atoms with E-state index in [4.69, 9.17) is 9.15 Å². The Balaban J connectivity index is 1.35. The van der Waals surface area contributed by atoms with E-state index in [1.165, 1.54) is 11.6 Å². The smallest absolute Gasteiger partial charge is 0.336 e. The Labute approximate surface area is 179 Å². The lowest BCUT2D eigenvalue weighted by Gasteiger charge is -2.09. The minimum atomic E-state index is -0.430. The molecule has 4 rings (SSSR count). The average molecular weight is 417 g/mol. The molecule has 1 amide bonds. The SMILES string of the molecule is Cc1nn(Cc2ccccc2)c(C)c1CNC(=O)COc1ccc2ccc(=O)oc2c1. The number of ether oxygens (including phenoxy) is 1. The number of hydrogen-bond acceptors (Lipinski definition) is 5. The van der Waals surface area contributed by atoms with Gasteiger partial charge in [-0.2, -0.15) is 5.10 Å². The van der Waals surface area contributed by atoms with Crippen LogP contribution in [0, 0.1) is 13.8 Å². The van der Waals surface area contributed by atoms with Crippen molar-refractivity contribution >= 4 is 16.9 Å². The second-order valence-corrected chi connectivity index (χ2v) is 7.31. The van der Waals surface area contributed by atoms with Crippen LogP contribution in [0.2, 0.25) is 0 Å². The molecule has 0 aliphatic heterocycles. The summed E-state index contributed by atoms with van der Waals surface area (Å²) >= 11 is 0. The molecule has 0 unspecified atom stereocenters. The number of carbonyl (C=O) groups excluding carboxylic acids is 1. The predicted octanol–water partition coefficient (Wildman–Crippen LogP) is 3.35. The van der Waals surface area contributed by atoms with Crippen LogP contribution in [0.1, 0.15) is 22.5 Å². The van der Waals surface area contributed by atoms with Crippen LogP contribution in [-0.4, -0.2) is 22.3 Å². The highest BCUT2D eigenvalue weighted by molar-refractivity contribution is 5.79. The zero-order valence-electron chi connectivity index (χ0n) is 17.4. The molecule has 0 saturated carbocycles.